The van der Waals surface area contributed by atoms with Crippen molar-refractivity contribution in [3.8, 4) is 17.3 Å². The van der Waals surface area contributed by atoms with Crippen LogP contribution in [0.3, 0.4) is 0 Å². The van der Waals surface area contributed by atoms with Gasteiger partial charge in [0.05, 0.1) is 5.56 Å². The van der Waals surface area contributed by atoms with Gasteiger partial charge in [-0.25, -0.2) is 9.59 Å². The van der Waals surface area contributed by atoms with E-state index in [4.69, 9.17) is 13.6 Å². The number of benzene rings is 1. The van der Waals surface area contributed by atoms with E-state index in [9.17, 15) is 19.5 Å². The molecule has 8 nitrogen and oxygen atoms in total. The minimum atomic E-state index is -0.817. The molecular formula is C19H13NO7. The summed E-state index contributed by atoms with van der Waals surface area (Å²) in [5, 5.41) is 12.8. The highest BCUT2D eigenvalue weighted by Gasteiger charge is 2.26. The molecule has 0 saturated carbocycles. The molecule has 3 aromatic rings. The normalized spacial score (nSPS) is 15.4. The van der Waals surface area contributed by atoms with Crippen molar-refractivity contribution in [3.05, 3.63) is 57.1 Å². The standard InChI is InChI=1S/C19H13NO7/c1-8-15(21)9(2)18(23)27-16(8)13-7-11-5-10(3-4-12(11)25-13)6-14-17(22)20-19(24)26-14/h3-7,21H,1-2H3,(H,20,22,24). The molecule has 4 rings (SSSR count). The van der Waals surface area contributed by atoms with E-state index >= 15 is 0 Å². The number of imide groups is 1. The van der Waals surface area contributed by atoms with Crippen LogP contribution in [-0.4, -0.2) is 17.1 Å². The van der Waals surface area contributed by atoms with Gasteiger partial charge in [-0.15, -0.1) is 0 Å². The molecule has 0 unspecified atom stereocenters. The van der Waals surface area contributed by atoms with Crippen LogP contribution in [0.1, 0.15) is 16.7 Å². The first-order valence-electron chi connectivity index (χ1n) is 7.95. The number of furan rings is 1. The van der Waals surface area contributed by atoms with Gasteiger partial charge in [0, 0.05) is 10.9 Å². The van der Waals surface area contributed by atoms with E-state index in [-0.39, 0.29) is 28.6 Å². The number of amides is 2. The van der Waals surface area contributed by atoms with Crippen molar-refractivity contribution in [2.75, 3.05) is 0 Å². The molecule has 1 saturated heterocycles. The molecule has 0 spiro atoms. The van der Waals surface area contributed by atoms with E-state index < -0.39 is 17.6 Å². The zero-order chi connectivity index (χ0) is 19.3. The van der Waals surface area contributed by atoms with Crippen LogP contribution in [0.15, 0.2) is 43.7 Å². The quantitative estimate of drug-likeness (QED) is 0.668. The Morgan fingerprint density at radius 3 is 2.52 bits per heavy atom. The van der Waals surface area contributed by atoms with E-state index in [1.54, 1.807) is 31.2 Å². The van der Waals surface area contributed by atoms with Gasteiger partial charge in [0.15, 0.2) is 17.3 Å². The minimum Gasteiger partial charge on any atom is -0.507 e. The molecule has 0 bridgehead atoms. The lowest BCUT2D eigenvalue weighted by Gasteiger charge is -2.05. The van der Waals surface area contributed by atoms with Crippen LogP contribution in [0.25, 0.3) is 28.6 Å². The fourth-order valence-electron chi connectivity index (χ4n) is 2.80. The number of hydrogen-bond donors (Lipinski definition) is 2. The molecule has 1 aromatic carbocycles. The Morgan fingerprint density at radius 1 is 1.04 bits per heavy atom. The van der Waals surface area contributed by atoms with Crippen LogP contribution in [0.2, 0.25) is 0 Å². The van der Waals surface area contributed by atoms with E-state index in [2.05, 4.69) is 0 Å². The van der Waals surface area contributed by atoms with Gasteiger partial charge < -0.3 is 18.7 Å². The number of carbonyl (C=O) groups is 2. The number of rotatable bonds is 2. The highest BCUT2D eigenvalue weighted by molar-refractivity contribution is 6.10. The summed E-state index contributed by atoms with van der Waals surface area (Å²) in [6.07, 6.45) is 0.609. The fourth-order valence-corrected chi connectivity index (χ4v) is 2.80. The van der Waals surface area contributed by atoms with Gasteiger partial charge in [0.25, 0.3) is 5.91 Å². The highest BCUT2D eigenvalue weighted by atomic mass is 16.6. The van der Waals surface area contributed by atoms with Gasteiger partial charge >= 0.3 is 11.7 Å². The van der Waals surface area contributed by atoms with Crippen LogP contribution in [0.4, 0.5) is 4.79 Å². The van der Waals surface area contributed by atoms with E-state index in [0.29, 0.717) is 22.1 Å². The molecule has 3 heterocycles. The molecule has 2 N–H and O–H groups in total. The second-order valence-electron chi connectivity index (χ2n) is 6.08. The van der Waals surface area contributed by atoms with Crippen molar-refractivity contribution in [1.29, 1.82) is 0 Å². The molecule has 1 fully saturated rings. The summed E-state index contributed by atoms with van der Waals surface area (Å²) in [5.74, 6) is -0.428. The van der Waals surface area contributed by atoms with Crippen LogP contribution >= 0.6 is 0 Å². The van der Waals surface area contributed by atoms with Crippen molar-refractivity contribution < 1.29 is 28.3 Å². The molecule has 0 atom stereocenters. The number of hydrogen-bond acceptors (Lipinski definition) is 7. The Morgan fingerprint density at radius 2 is 1.81 bits per heavy atom. The highest BCUT2D eigenvalue weighted by Crippen LogP contribution is 2.34. The summed E-state index contributed by atoms with van der Waals surface area (Å²) >= 11 is 0. The lowest BCUT2D eigenvalue weighted by atomic mass is 10.1. The summed E-state index contributed by atoms with van der Waals surface area (Å²) in [5.41, 5.74) is 1.00. The van der Waals surface area contributed by atoms with Gasteiger partial charge in [-0.3, -0.25) is 10.1 Å². The molecule has 27 heavy (non-hydrogen) atoms. The number of aromatic hydroxyl groups is 1. The van der Waals surface area contributed by atoms with Crippen LogP contribution in [0, 0.1) is 13.8 Å². The first-order chi connectivity index (χ1) is 12.8. The van der Waals surface area contributed by atoms with Crippen LogP contribution < -0.4 is 10.9 Å². The Hall–Kier alpha value is -3.81. The maximum absolute atomic E-state index is 11.9. The van der Waals surface area contributed by atoms with Gasteiger partial charge in [-0.1, -0.05) is 6.07 Å². The predicted molar refractivity (Wildman–Crippen MR) is 93.9 cm³/mol. The second kappa shape index (κ2) is 5.87. The number of nitrogens with one attached hydrogen (secondary N) is 1. The summed E-state index contributed by atoms with van der Waals surface area (Å²) in [6.45, 7) is 3.10. The van der Waals surface area contributed by atoms with Crippen molar-refractivity contribution >= 4 is 29.0 Å². The number of fused-ring (bicyclic) bond motifs is 1. The Bertz CT molecular complexity index is 1210. The molecule has 0 aliphatic carbocycles. The van der Waals surface area contributed by atoms with Crippen LogP contribution in [0.5, 0.6) is 5.75 Å². The average molecular weight is 367 g/mol. The molecule has 136 valence electrons. The zero-order valence-electron chi connectivity index (χ0n) is 14.3. The Labute approximate surface area is 151 Å². The molecule has 8 heteroatoms. The third-order valence-corrected chi connectivity index (χ3v) is 4.26. The SMILES string of the molecule is Cc1c(-c2cc3cc(C=C4OC(=O)NC4=O)ccc3o2)oc(=O)c(C)c1O. The molecule has 1 aliphatic rings. The van der Waals surface area contributed by atoms with Crippen molar-refractivity contribution in [3.63, 3.8) is 0 Å². The topological polar surface area (TPSA) is 119 Å². The van der Waals surface area contributed by atoms with Gasteiger partial charge in [-0.05, 0) is 43.7 Å². The third kappa shape index (κ3) is 2.77. The number of carbonyl (C=O) groups excluding carboxylic acids is 2. The van der Waals surface area contributed by atoms with Gasteiger partial charge in [0.2, 0.25) is 0 Å². The maximum atomic E-state index is 11.9. The smallest absolute Gasteiger partial charge is 0.419 e. The Balaban J connectivity index is 1.79. The summed E-state index contributed by atoms with van der Waals surface area (Å²) in [4.78, 5) is 34.5. The molecular weight excluding hydrogens is 354 g/mol. The predicted octanol–water partition coefficient (Wildman–Crippen LogP) is 2.98. The first-order valence-corrected chi connectivity index (χ1v) is 7.95. The van der Waals surface area contributed by atoms with Crippen LogP contribution in [-0.2, 0) is 9.53 Å². The summed E-state index contributed by atoms with van der Waals surface area (Å²) < 4.78 is 15.8. The zero-order valence-corrected chi connectivity index (χ0v) is 14.3. The number of cyclic esters (lactones) is 1. The van der Waals surface area contributed by atoms with Gasteiger partial charge in [0.1, 0.15) is 11.3 Å². The first kappa shape index (κ1) is 16.6. The Kier molecular flexibility index (Phi) is 3.62. The van der Waals surface area contributed by atoms with E-state index in [0.717, 1.165) is 0 Å². The van der Waals surface area contributed by atoms with Gasteiger partial charge in [-0.2, -0.15) is 0 Å². The second-order valence-corrected chi connectivity index (χ2v) is 6.08. The van der Waals surface area contributed by atoms with E-state index in [1.807, 2.05) is 5.32 Å². The monoisotopic (exact) mass is 367 g/mol. The van der Waals surface area contributed by atoms with Crippen molar-refractivity contribution in [2.24, 2.45) is 0 Å². The minimum absolute atomic E-state index is 0.103. The number of ether oxygens (including phenoxy) is 1. The lowest BCUT2D eigenvalue weighted by molar-refractivity contribution is -0.116. The summed E-state index contributed by atoms with van der Waals surface area (Å²) in [7, 11) is 0. The largest absolute Gasteiger partial charge is 0.507 e. The third-order valence-electron chi connectivity index (χ3n) is 4.26. The number of alkyl carbamates (subject to hydrolysis) is 1. The molecule has 2 aromatic heterocycles. The summed E-state index contributed by atoms with van der Waals surface area (Å²) in [6, 6.07) is 6.72. The lowest BCUT2D eigenvalue weighted by Crippen LogP contribution is -2.18. The van der Waals surface area contributed by atoms with Crippen molar-refractivity contribution in [2.45, 2.75) is 13.8 Å². The maximum Gasteiger partial charge on any atom is 0.419 e. The average Bonchev–Trinajstić information content (AvgIpc) is 3.18. The van der Waals surface area contributed by atoms with E-state index in [1.165, 1.54) is 13.0 Å². The molecule has 0 radical (unpaired) electrons. The molecule has 1 aliphatic heterocycles. The molecule has 2 amide bonds. The van der Waals surface area contributed by atoms with Crippen molar-refractivity contribution in [1.82, 2.24) is 5.32 Å². The fraction of sp³-hybridized carbons (Fsp3) is 0.105.